The Morgan fingerprint density at radius 2 is 1.96 bits per heavy atom. The summed E-state index contributed by atoms with van der Waals surface area (Å²) in [5, 5.41) is 6.29. The first-order valence-corrected chi connectivity index (χ1v) is 7.91. The van der Waals surface area contributed by atoms with Gasteiger partial charge >= 0.3 is 6.03 Å². The Labute approximate surface area is 141 Å². The second-order valence-corrected chi connectivity index (χ2v) is 5.77. The van der Waals surface area contributed by atoms with E-state index in [-0.39, 0.29) is 12.1 Å². The summed E-state index contributed by atoms with van der Waals surface area (Å²) < 4.78 is 5.56. The third-order valence-electron chi connectivity index (χ3n) is 3.37. The molecule has 0 fully saturated rings. The van der Waals surface area contributed by atoms with E-state index >= 15 is 0 Å². The van der Waals surface area contributed by atoms with Crippen molar-refractivity contribution in [1.82, 2.24) is 10.6 Å². The van der Waals surface area contributed by atoms with E-state index < -0.39 is 0 Å². The summed E-state index contributed by atoms with van der Waals surface area (Å²) in [6.45, 7) is 4.79. The molecule has 2 N–H and O–H groups in total. The molecule has 0 radical (unpaired) electrons. The van der Waals surface area contributed by atoms with Gasteiger partial charge in [0.15, 0.2) is 0 Å². The van der Waals surface area contributed by atoms with Gasteiger partial charge in [-0.3, -0.25) is 0 Å². The van der Waals surface area contributed by atoms with Crippen LogP contribution in [0, 0.1) is 6.92 Å². The zero-order valence-corrected chi connectivity index (χ0v) is 14.1. The van der Waals surface area contributed by atoms with Gasteiger partial charge in [0.2, 0.25) is 0 Å². The number of urea groups is 1. The van der Waals surface area contributed by atoms with Gasteiger partial charge in [-0.1, -0.05) is 41.4 Å². The molecular formula is C18H21ClN2O2. The van der Waals surface area contributed by atoms with E-state index in [9.17, 15) is 4.79 Å². The van der Waals surface area contributed by atoms with Crippen molar-refractivity contribution in [3.63, 3.8) is 0 Å². The molecule has 4 nitrogen and oxygen atoms in total. The molecule has 2 rings (SSSR count). The fourth-order valence-corrected chi connectivity index (χ4v) is 2.27. The van der Waals surface area contributed by atoms with E-state index in [0.717, 1.165) is 11.3 Å². The predicted octanol–water partition coefficient (Wildman–Crippen LogP) is 4.09. The van der Waals surface area contributed by atoms with Crippen molar-refractivity contribution in [2.24, 2.45) is 0 Å². The molecule has 0 bridgehead atoms. The van der Waals surface area contributed by atoms with Gasteiger partial charge in [-0.25, -0.2) is 4.79 Å². The first kappa shape index (κ1) is 17.2. The molecule has 2 aromatic rings. The Morgan fingerprint density at radius 1 is 1.22 bits per heavy atom. The summed E-state index contributed by atoms with van der Waals surface area (Å²) >= 11 is 5.95. The highest BCUT2D eigenvalue weighted by atomic mass is 35.5. The minimum absolute atomic E-state index is 0.119. The minimum atomic E-state index is -0.231. The average molecular weight is 333 g/mol. The van der Waals surface area contributed by atoms with Crippen molar-refractivity contribution in [2.75, 3.05) is 13.2 Å². The van der Waals surface area contributed by atoms with Crippen LogP contribution in [0.2, 0.25) is 5.02 Å². The van der Waals surface area contributed by atoms with Crippen LogP contribution >= 0.6 is 11.6 Å². The fraction of sp³-hybridized carbons (Fsp3) is 0.278. The minimum Gasteiger partial charge on any atom is -0.492 e. The molecule has 1 unspecified atom stereocenters. The second-order valence-electron chi connectivity index (χ2n) is 5.34. The highest BCUT2D eigenvalue weighted by molar-refractivity contribution is 6.30. The predicted molar refractivity (Wildman–Crippen MR) is 93.1 cm³/mol. The van der Waals surface area contributed by atoms with Crippen molar-refractivity contribution >= 4 is 17.6 Å². The van der Waals surface area contributed by atoms with Crippen LogP contribution in [-0.4, -0.2) is 19.2 Å². The van der Waals surface area contributed by atoms with E-state index in [4.69, 9.17) is 16.3 Å². The first-order chi connectivity index (χ1) is 11.0. The van der Waals surface area contributed by atoms with Crippen molar-refractivity contribution in [3.05, 3.63) is 64.7 Å². The fourth-order valence-electron chi connectivity index (χ4n) is 2.07. The number of halogens is 1. The Hall–Kier alpha value is -2.20. The normalized spacial score (nSPS) is 11.6. The van der Waals surface area contributed by atoms with Crippen molar-refractivity contribution < 1.29 is 9.53 Å². The van der Waals surface area contributed by atoms with Crippen LogP contribution in [0.15, 0.2) is 48.5 Å². The summed E-state index contributed by atoms with van der Waals surface area (Å²) in [5.41, 5.74) is 2.15. The van der Waals surface area contributed by atoms with Gasteiger partial charge in [-0.15, -0.1) is 0 Å². The van der Waals surface area contributed by atoms with E-state index in [1.165, 1.54) is 5.56 Å². The van der Waals surface area contributed by atoms with Gasteiger partial charge in [0.1, 0.15) is 12.4 Å². The van der Waals surface area contributed by atoms with Crippen LogP contribution in [-0.2, 0) is 0 Å². The average Bonchev–Trinajstić information content (AvgIpc) is 2.53. The number of hydrogen-bond donors (Lipinski definition) is 2. The quantitative estimate of drug-likeness (QED) is 0.783. The van der Waals surface area contributed by atoms with Gasteiger partial charge in [0, 0.05) is 5.02 Å². The van der Waals surface area contributed by atoms with Gasteiger partial charge in [0.25, 0.3) is 0 Å². The van der Waals surface area contributed by atoms with Gasteiger partial charge in [-0.2, -0.15) is 0 Å². The molecule has 0 saturated carbocycles. The molecule has 0 saturated heterocycles. The number of carbonyl (C=O) groups excluding carboxylic acids is 1. The lowest BCUT2D eigenvalue weighted by Gasteiger charge is -2.15. The maximum atomic E-state index is 11.9. The maximum absolute atomic E-state index is 11.9. The molecule has 2 amide bonds. The molecule has 5 heteroatoms. The number of ether oxygens (including phenoxy) is 1. The van der Waals surface area contributed by atoms with Crippen molar-refractivity contribution in [1.29, 1.82) is 0 Å². The molecule has 0 spiro atoms. The summed E-state index contributed by atoms with van der Waals surface area (Å²) in [7, 11) is 0. The molecule has 2 aromatic carbocycles. The highest BCUT2D eigenvalue weighted by Gasteiger charge is 2.09. The van der Waals surface area contributed by atoms with Gasteiger partial charge in [0.05, 0.1) is 12.6 Å². The van der Waals surface area contributed by atoms with E-state index in [1.54, 1.807) is 6.07 Å². The third-order valence-corrected chi connectivity index (χ3v) is 3.61. The zero-order chi connectivity index (χ0) is 16.7. The molecule has 0 aliphatic rings. The molecule has 0 heterocycles. The van der Waals surface area contributed by atoms with Gasteiger partial charge < -0.3 is 15.4 Å². The lowest BCUT2D eigenvalue weighted by Crippen LogP contribution is -2.38. The molecular weight excluding hydrogens is 312 g/mol. The smallest absolute Gasteiger partial charge is 0.315 e. The maximum Gasteiger partial charge on any atom is 0.315 e. The lowest BCUT2D eigenvalue weighted by molar-refractivity contribution is 0.233. The van der Waals surface area contributed by atoms with Crippen LogP contribution < -0.4 is 15.4 Å². The summed E-state index contributed by atoms with van der Waals surface area (Å²) in [4.78, 5) is 11.9. The summed E-state index contributed by atoms with van der Waals surface area (Å²) in [5.74, 6) is 0.796. The SMILES string of the molecule is Cc1ccc(OCCNC(=O)NC(C)c2cccc(Cl)c2)cc1. The lowest BCUT2D eigenvalue weighted by atomic mass is 10.1. The number of amides is 2. The Balaban J connectivity index is 1.69. The van der Waals surface area contributed by atoms with Crippen molar-refractivity contribution in [2.45, 2.75) is 19.9 Å². The molecule has 1 atom stereocenters. The number of hydrogen-bond acceptors (Lipinski definition) is 2. The molecule has 0 aliphatic heterocycles. The monoisotopic (exact) mass is 332 g/mol. The van der Waals surface area contributed by atoms with Crippen LogP contribution in [0.3, 0.4) is 0 Å². The number of nitrogens with one attached hydrogen (secondary N) is 2. The van der Waals surface area contributed by atoms with Crippen LogP contribution in [0.5, 0.6) is 5.75 Å². The molecule has 0 aromatic heterocycles. The topological polar surface area (TPSA) is 50.4 Å². The number of benzene rings is 2. The number of aryl methyl sites for hydroxylation is 1. The van der Waals surface area contributed by atoms with Crippen LogP contribution in [0.4, 0.5) is 4.79 Å². The molecule has 122 valence electrons. The van der Waals surface area contributed by atoms with E-state index in [1.807, 2.05) is 56.3 Å². The summed E-state index contributed by atoms with van der Waals surface area (Å²) in [6.07, 6.45) is 0. The molecule has 0 aliphatic carbocycles. The number of rotatable bonds is 6. The third kappa shape index (κ3) is 5.83. The molecule has 23 heavy (non-hydrogen) atoms. The Kier molecular flexibility index (Phi) is 6.29. The highest BCUT2D eigenvalue weighted by Crippen LogP contribution is 2.17. The van der Waals surface area contributed by atoms with Crippen LogP contribution in [0.25, 0.3) is 0 Å². The Bertz CT molecular complexity index is 644. The zero-order valence-electron chi connectivity index (χ0n) is 13.3. The van der Waals surface area contributed by atoms with Crippen molar-refractivity contribution in [3.8, 4) is 5.75 Å². The van der Waals surface area contributed by atoms with Crippen LogP contribution in [0.1, 0.15) is 24.1 Å². The van der Waals surface area contributed by atoms with E-state index in [2.05, 4.69) is 10.6 Å². The summed E-state index contributed by atoms with van der Waals surface area (Å²) in [6, 6.07) is 14.9. The number of carbonyl (C=O) groups is 1. The van der Waals surface area contributed by atoms with Gasteiger partial charge in [-0.05, 0) is 43.7 Å². The largest absolute Gasteiger partial charge is 0.492 e. The second kappa shape index (κ2) is 8.44. The standard InChI is InChI=1S/C18H21ClN2O2/c1-13-6-8-17(9-7-13)23-11-10-20-18(22)21-14(2)15-4-3-5-16(19)12-15/h3-9,12,14H,10-11H2,1-2H3,(H2,20,21,22). The van der Waals surface area contributed by atoms with E-state index in [0.29, 0.717) is 18.2 Å². The first-order valence-electron chi connectivity index (χ1n) is 7.54. The Morgan fingerprint density at radius 3 is 2.65 bits per heavy atom.